The van der Waals surface area contributed by atoms with E-state index in [2.05, 4.69) is 38.7 Å². The lowest BCUT2D eigenvalue weighted by atomic mass is 9.76. The van der Waals surface area contributed by atoms with Crippen LogP contribution in [0.25, 0.3) is 6.08 Å². The highest BCUT2D eigenvalue weighted by molar-refractivity contribution is 5.82. The number of nitro groups is 2. The maximum atomic E-state index is 11.8. The van der Waals surface area contributed by atoms with E-state index in [1.54, 1.807) is 12.2 Å². The Labute approximate surface area is 191 Å². The number of hydrogen-bond acceptors (Lipinski definition) is 7. The van der Waals surface area contributed by atoms with Gasteiger partial charge in [-0.05, 0) is 50.0 Å². The van der Waals surface area contributed by atoms with Gasteiger partial charge < -0.3 is 14.4 Å². The first-order chi connectivity index (χ1) is 15.5. The molecule has 33 heavy (non-hydrogen) atoms. The van der Waals surface area contributed by atoms with Crippen LogP contribution in [0.3, 0.4) is 0 Å². The topological polar surface area (TPSA) is 108 Å². The van der Waals surface area contributed by atoms with Crippen LogP contribution in [0, 0.1) is 26.1 Å². The summed E-state index contributed by atoms with van der Waals surface area (Å²) in [6.45, 7) is 9.15. The molecular formula is C24H27N3O6. The number of ether oxygens (including phenoxy) is 2. The Morgan fingerprint density at radius 3 is 2.45 bits per heavy atom. The predicted octanol–water partition coefficient (Wildman–Crippen LogP) is 5.46. The molecule has 2 aromatic rings. The second-order valence-electron chi connectivity index (χ2n) is 9.31. The van der Waals surface area contributed by atoms with Crippen molar-refractivity contribution in [2.75, 3.05) is 18.6 Å². The van der Waals surface area contributed by atoms with Gasteiger partial charge in [-0.2, -0.15) is 0 Å². The summed E-state index contributed by atoms with van der Waals surface area (Å²) >= 11 is 0. The van der Waals surface area contributed by atoms with Crippen LogP contribution in [0.15, 0.2) is 36.4 Å². The minimum Gasteiger partial charge on any atom is -0.493 e. The molecule has 2 aromatic carbocycles. The molecule has 1 unspecified atom stereocenters. The molecule has 1 spiro atoms. The maximum absolute atomic E-state index is 11.8. The number of methoxy groups -OCH3 is 1. The van der Waals surface area contributed by atoms with Gasteiger partial charge in [-0.25, -0.2) is 0 Å². The zero-order valence-electron chi connectivity index (χ0n) is 19.3. The van der Waals surface area contributed by atoms with Crippen LogP contribution in [0.5, 0.6) is 11.5 Å². The Bertz CT molecular complexity index is 1170. The molecule has 0 bridgehead atoms. The van der Waals surface area contributed by atoms with Gasteiger partial charge in [0.25, 0.3) is 0 Å². The molecule has 0 aliphatic carbocycles. The highest BCUT2D eigenvalue weighted by Crippen LogP contribution is 2.58. The minimum atomic E-state index is -0.990. The van der Waals surface area contributed by atoms with E-state index in [1.807, 2.05) is 18.2 Å². The third-order valence-corrected chi connectivity index (χ3v) is 6.66. The number of rotatable bonds is 6. The first kappa shape index (κ1) is 22.6. The highest BCUT2D eigenvalue weighted by Gasteiger charge is 2.59. The predicted molar refractivity (Wildman–Crippen MR) is 125 cm³/mol. The molecule has 174 valence electrons. The molecule has 0 fully saturated rings. The summed E-state index contributed by atoms with van der Waals surface area (Å²) in [5, 5.41) is 23.4. The Hall–Kier alpha value is -3.62. The van der Waals surface area contributed by atoms with Crippen LogP contribution in [-0.4, -0.2) is 29.2 Å². The number of fused-ring (bicyclic) bond motifs is 2. The van der Waals surface area contributed by atoms with Crippen LogP contribution in [-0.2, 0) is 5.41 Å². The summed E-state index contributed by atoms with van der Waals surface area (Å²) < 4.78 is 12.1. The van der Waals surface area contributed by atoms with Crippen molar-refractivity contribution in [1.29, 1.82) is 0 Å². The van der Waals surface area contributed by atoms with E-state index >= 15 is 0 Å². The molecule has 1 atom stereocenters. The summed E-state index contributed by atoms with van der Waals surface area (Å²) in [7, 11) is 1.37. The maximum Gasteiger partial charge on any atom is 0.357 e. The second kappa shape index (κ2) is 7.75. The van der Waals surface area contributed by atoms with Crippen LogP contribution in [0.2, 0.25) is 0 Å². The lowest BCUT2D eigenvalue weighted by Crippen LogP contribution is -2.59. The normalized spacial score (nSPS) is 19.9. The lowest BCUT2D eigenvalue weighted by Gasteiger charge is -2.47. The molecule has 9 heteroatoms. The van der Waals surface area contributed by atoms with Gasteiger partial charge in [0, 0.05) is 12.2 Å². The SMILES string of the molecule is COc1cc([N+](=O)[O-])c([N+](=O)[O-])c2c1OC1(C=C2)N(CCC(C)C)c2ccccc2C1(C)C. The van der Waals surface area contributed by atoms with Crippen molar-refractivity contribution in [3.63, 3.8) is 0 Å². The Kier molecular flexibility index (Phi) is 5.30. The van der Waals surface area contributed by atoms with E-state index in [-0.39, 0.29) is 17.1 Å². The molecule has 0 saturated heterocycles. The van der Waals surface area contributed by atoms with Gasteiger partial charge in [-0.1, -0.05) is 32.0 Å². The fraction of sp³-hybridized carbons (Fsp3) is 0.417. The van der Waals surface area contributed by atoms with Crippen molar-refractivity contribution in [3.8, 4) is 11.5 Å². The quantitative estimate of drug-likeness (QED) is 0.422. The zero-order chi connectivity index (χ0) is 24.1. The number of hydrogen-bond donors (Lipinski definition) is 0. The summed E-state index contributed by atoms with van der Waals surface area (Å²) in [5.74, 6) is 0.672. The van der Waals surface area contributed by atoms with Gasteiger partial charge in [0.2, 0.25) is 5.72 Å². The fourth-order valence-electron chi connectivity index (χ4n) is 4.87. The number of anilines is 1. The summed E-state index contributed by atoms with van der Waals surface area (Å²) in [4.78, 5) is 24.0. The van der Waals surface area contributed by atoms with Gasteiger partial charge in [-0.3, -0.25) is 20.2 Å². The van der Waals surface area contributed by atoms with Gasteiger partial charge in [0.05, 0.1) is 28.4 Å². The first-order valence-electron chi connectivity index (χ1n) is 10.8. The summed E-state index contributed by atoms with van der Waals surface area (Å²) in [6, 6.07) is 9.14. The van der Waals surface area contributed by atoms with Crippen molar-refractivity contribution in [3.05, 3.63) is 67.8 Å². The van der Waals surface area contributed by atoms with Gasteiger partial charge in [0.15, 0.2) is 11.5 Å². The number of benzene rings is 2. The molecule has 0 radical (unpaired) electrons. The van der Waals surface area contributed by atoms with Crippen LogP contribution >= 0.6 is 0 Å². The average Bonchev–Trinajstić information content (AvgIpc) is 2.94. The zero-order valence-corrected chi connectivity index (χ0v) is 19.3. The molecule has 0 aromatic heterocycles. The Morgan fingerprint density at radius 1 is 1.15 bits per heavy atom. The highest BCUT2D eigenvalue weighted by atomic mass is 16.6. The van der Waals surface area contributed by atoms with E-state index in [9.17, 15) is 20.2 Å². The molecule has 9 nitrogen and oxygen atoms in total. The molecule has 2 heterocycles. The number of nitrogens with zero attached hydrogens (tertiary/aromatic N) is 3. The Balaban J connectivity index is 1.96. The molecule has 0 N–H and O–H groups in total. The lowest BCUT2D eigenvalue weighted by molar-refractivity contribution is -0.422. The monoisotopic (exact) mass is 453 g/mol. The first-order valence-corrected chi connectivity index (χ1v) is 10.8. The van der Waals surface area contributed by atoms with E-state index in [0.717, 1.165) is 23.7 Å². The number of para-hydroxylation sites is 1. The van der Waals surface area contributed by atoms with Crippen molar-refractivity contribution >= 4 is 23.1 Å². The molecule has 0 amide bonds. The third kappa shape index (κ3) is 3.21. The number of nitro benzene ring substituents is 2. The van der Waals surface area contributed by atoms with Crippen LogP contribution in [0.1, 0.15) is 45.2 Å². The molecule has 4 rings (SSSR count). The Morgan fingerprint density at radius 2 is 1.85 bits per heavy atom. The van der Waals surface area contributed by atoms with Gasteiger partial charge >= 0.3 is 11.4 Å². The van der Waals surface area contributed by atoms with Crippen LogP contribution in [0.4, 0.5) is 17.1 Å². The van der Waals surface area contributed by atoms with Crippen molar-refractivity contribution in [1.82, 2.24) is 0 Å². The second-order valence-corrected chi connectivity index (χ2v) is 9.31. The largest absolute Gasteiger partial charge is 0.493 e. The van der Waals surface area contributed by atoms with Crippen molar-refractivity contribution in [2.24, 2.45) is 5.92 Å². The molecule has 2 aliphatic rings. The standard InChI is InChI=1S/C24H27N3O6/c1-15(2)11-13-25-18-9-7-6-8-17(18)23(3,4)24(25)12-10-16-21(27(30)31)19(26(28)29)14-20(32-5)22(16)33-24/h6-10,12,14-15H,11,13H2,1-5H3. The van der Waals surface area contributed by atoms with Crippen molar-refractivity contribution < 1.29 is 19.3 Å². The van der Waals surface area contributed by atoms with Gasteiger partial charge in [0.1, 0.15) is 5.56 Å². The van der Waals surface area contributed by atoms with E-state index in [4.69, 9.17) is 9.47 Å². The van der Waals surface area contributed by atoms with Crippen LogP contribution < -0.4 is 14.4 Å². The minimum absolute atomic E-state index is 0.0345. The van der Waals surface area contributed by atoms with E-state index in [1.165, 1.54) is 7.11 Å². The summed E-state index contributed by atoms with van der Waals surface area (Å²) in [5.41, 5.74) is -0.600. The van der Waals surface area contributed by atoms with E-state index < -0.39 is 32.4 Å². The molecular weight excluding hydrogens is 426 g/mol. The summed E-state index contributed by atoms with van der Waals surface area (Å²) in [6.07, 6.45) is 4.28. The van der Waals surface area contributed by atoms with Gasteiger partial charge in [-0.15, -0.1) is 0 Å². The fourth-order valence-corrected chi connectivity index (χ4v) is 4.87. The van der Waals surface area contributed by atoms with E-state index in [0.29, 0.717) is 12.5 Å². The smallest absolute Gasteiger partial charge is 0.357 e. The van der Waals surface area contributed by atoms with Crippen molar-refractivity contribution in [2.45, 2.75) is 45.3 Å². The molecule has 2 aliphatic heterocycles. The average molecular weight is 453 g/mol. The third-order valence-electron chi connectivity index (χ3n) is 6.66. The molecule has 0 saturated carbocycles.